The summed E-state index contributed by atoms with van der Waals surface area (Å²) >= 11 is 0. The first-order chi connectivity index (χ1) is 28.1. The molecule has 0 fully saturated rings. The summed E-state index contributed by atoms with van der Waals surface area (Å²) in [4.78, 5) is 45.9. The summed E-state index contributed by atoms with van der Waals surface area (Å²) < 4.78 is 26.7. The van der Waals surface area contributed by atoms with Crippen LogP contribution >= 0.6 is 7.82 Å². The molecule has 0 saturated heterocycles. The summed E-state index contributed by atoms with van der Waals surface area (Å²) in [5, 5.41) is 21.8. The number of phosphoric ester groups is 1. The molecule has 11 nitrogen and oxygen atoms in total. The van der Waals surface area contributed by atoms with Crippen LogP contribution in [0.2, 0.25) is 0 Å². The number of aliphatic hydroxyl groups excluding tert-OH is 1. The summed E-state index contributed by atoms with van der Waals surface area (Å²) in [5.41, 5.74) is 0. The molecule has 0 rings (SSSR count). The van der Waals surface area contributed by atoms with Crippen LogP contribution < -0.4 is 5.32 Å². The van der Waals surface area contributed by atoms with Crippen LogP contribution in [-0.4, -0.2) is 64.9 Å². The molecule has 0 radical (unpaired) electrons. The number of carboxylic acids is 1. The van der Waals surface area contributed by atoms with E-state index in [1.165, 1.54) is 0 Å². The largest absolute Gasteiger partial charge is 0.480 e. The summed E-state index contributed by atoms with van der Waals surface area (Å²) in [5.74, 6) is -2.48. The van der Waals surface area contributed by atoms with Gasteiger partial charge >= 0.3 is 19.8 Å². The fourth-order valence-electron chi connectivity index (χ4n) is 4.86. The van der Waals surface area contributed by atoms with Gasteiger partial charge in [0, 0.05) is 12.8 Å². The molecule has 0 aliphatic heterocycles. The van der Waals surface area contributed by atoms with Crippen LogP contribution in [0.15, 0.2) is 109 Å². The lowest BCUT2D eigenvalue weighted by Gasteiger charge is -2.18. The van der Waals surface area contributed by atoms with Crippen LogP contribution in [0.5, 0.6) is 0 Å². The molecule has 0 aromatic rings. The Kier molecular flexibility index (Phi) is 37.3. The maximum Gasteiger partial charge on any atom is 0.472 e. The van der Waals surface area contributed by atoms with Gasteiger partial charge in [0.05, 0.1) is 13.2 Å². The number of ether oxygens (including phenoxy) is 1. The molecule has 58 heavy (non-hydrogen) atoms. The first-order valence-electron chi connectivity index (χ1n) is 20.9. The Morgan fingerprint density at radius 2 is 0.948 bits per heavy atom. The number of carboxylic acid groups (broad SMARTS) is 1. The zero-order chi connectivity index (χ0) is 42.8. The van der Waals surface area contributed by atoms with Crippen molar-refractivity contribution in [3.8, 4) is 0 Å². The quantitative estimate of drug-likeness (QED) is 0.0205. The highest BCUT2D eigenvalue weighted by Gasteiger charge is 2.28. The third-order valence-electron chi connectivity index (χ3n) is 8.06. The summed E-state index contributed by atoms with van der Waals surface area (Å²) in [6.45, 7) is 2.26. The van der Waals surface area contributed by atoms with E-state index in [0.29, 0.717) is 12.8 Å². The molecule has 0 heterocycles. The van der Waals surface area contributed by atoms with Crippen molar-refractivity contribution in [1.29, 1.82) is 0 Å². The van der Waals surface area contributed by atoms with Gasteiger partial charge in [0.25, 0.3) is 0 Å². The van der Waals surface area contributed by atoms with E-state index in [0.717, 1.165) is 89.9 Å². The van der Waals surface area contributed by atoms with Gasteiger partial charge in [-0.25, -0.2) is 9.36 Å². The van der Waals surface area contributed by atoms with Crippen molar-refractivity contribution in [2.75, 3.05) is 19.8 Å². The molecule has 0 saturated carbocycles. The van der Waals surface area contributed by atoms with Crippen molar-refractivity contribution in [3.63, 3.8) is 0 Å². The van der Waals surface area contributed by atoms with E-state index in [1.54, 1.807) is 0 Å². The minimum absolute atomic E-state index is 0.0962. The second-order valence-corrected chi connectivity index (χ2v) is 14.9. The Bertz CT molecular complexity index is 1390. The minimum atomic E-state index is -4.78. The normalized spacial score (nSPS) is 14.8. The van der Waals surface area contributed by atoms with Gasteiger partial charge in [0.15, 0.2) is 6.04 Å². The molecular weight excluding hydrogens is 757 g/mol. The van der Waals surface area contributed by atoms with E-state index < -0.39 is 57.6 Å². The Balaban J connectivity index is 4.07. The molecule has 0 aromatic carbocycles. The van der Waals surface area contributed by atoms with Gasteiger partial charge in [0.2, 0.25) is 5.91 Å². The number of phosphoric acid groups is 1. The van der Waals surface area contributed by atoms with E-state index in [-0.39, 0.29) is 12.8 Å². The van der Waals surface area contributed by atoms with Crippen LogP contribution in [0.25, 0.3) is 0 Å². The second kappa shape index (κ2) is 39.9. The maximum absolute atomic E-state index is 12.3. The maximum atomic E-state index is 12.3. The van der Waals surface area contributed by atoms with Crippen LogP contribution in [0.4, 0.5) is 0 Å². The van der Waals surface area contributed by atoms with E-state index >= 15 is 0 Å². The van der Waals surface area contributed by atoms with E-state index in [1.807, 2.05) is 0 Å². The van der Waals surface area contributed by atoms with Crippen molar-refractivity contribution in [1.82, 2.24) is 5.32 Å². The first-order valence-corrected chi connectivity index (χ1v) is 22.4. The van der Waals surface area contributed by atoms with Gasteiger partial charge in [-0.2, -0.15) is 0 Å². The topological polar surface area (TPSA) is 169 Å². The predicted octanol–water partition coefficient (Wildman–Crippen LogP) is 10.7. The number of hydrogen-bond donors (Lipinski definition) is 4. The van der Waals surface area contributed by atoms with Gasteiger partial charge in [-0.1, -0.05) is 130 Å². The van der Waals surface area contributed by atoms with E-state index in [4.69, 9.17) is 13.8 Å². The van der Waals surface area contributed by atoms with E-state index in [9.17, 15) is 34.1 Å². The number of nitrogens with one attached hydrogen (secondary N) is 1. The van der Waals surface area contributed by atoms with Crippen molar-refractivity contribution >= 4 is 25.7 Å². The highest BCUT2D eigenvalue weighted by atomic mass is 31.2. The molecule has 3 unspecified atom stereocenters. The monoisotopic (exact) mass is 829 g/mol. The third kappa shape index (κ3) is 39.0. The molecule has 0 aromatic heterocycles. The Labute approximate surface area is 348 Å². The molecule has 0 aliphatic carbocycles. The fraction of sp³-hybridized carbons (Fsp3) is 0.543. The van der Waals surface area contributed by atoms with Crippen molar-refractivity contribution in [2.24, 2.45) is 0 Å². The molecule has 12 heteroatoms. The van der Waals surface area contributed by atoms with Crippen LogP contribution in [0, 0.1) is 0 Å². The number of rotatable bonds is 37. The smallest absolute Gasteiger partial charge is 0.472 e. The van der Waals surface area contributed by atoms with Gasteiger partial charge < -0.3 is 25.2 Å². The number of unbranched alkanes of at least 4 members (excludes halogenated alkanes) is 5. The Hall–Kier alpha value is -3.86. The number of hydrogen-bond acceptors (Lipinski definition) is 8. The third-order valence-corrected chi connectivity index (χ3v) is 9.01. The average Bonchev–Trinajstić information content (AvgIpc) is 3.20. The standard InChI is InChI=1S/C46H72NO10P/c1-3-5-7-9-11-13-15-17-19-20-21-22-24-25-27-29-31-33-35-37-44(49)47-43(46(51)52)41-57-58(53,54)56-40-42(48)39-55-45(50)38-36-34-32-30-28-26-23-18-16-14-12-10-8-6-4-2/h5-8,11-14,17-19,21-23,25,27-28,30,42-43,48H,3-4,9-10,15-16,20,24,26,29,31-41H2,1-2H3,(H,47,49)(H,51,52)(H,53,54)/b7-5-,8-6-,13-11-,14-12-,19-17-,22-21-,23-18-,27-25-,30-28-. The number of carbonyl (C=O) groups is 3. The summed E-state index contributed by atoms with van der Waals surface area (Å²) in [6, 6.07) is -1.58. The van der Waals surface area contributed by atoms with Gasteiger partial charge in [-0.15, -0.1) is 0 Å². The lowest BCUT2D eigenvalue weighted by atomic mass is 10.1. The molecule has 4 N–H and O–H groups in total. The summed E-state index contributed by atoms with van der Waals surface area (Å²) in [7, 11) is -4.78. The number of allylic oxidation sites excluding steroid dienone is 18. The molecular formula is C46H72NO10P. The van der Waals surface area contributed by atoms with E-state index in [2.05, 4.69) is 129 Å². The minimum Gasteiger partial charge on any atom is -0.480 e. The molecule has 1 amide bonds. The molecule has 0 aliphatic rings. The number of esters is 1. The first kappa shape index (κ1) is 54.1. The molecule has 3 atom stereocenters. The fourth-order valence-corrected chi connectivity index (χ4v) is 5.63. The van der Waals surface area contributed by atoms with Gasteiger partial charge in [0.1, 0.15) is 12.7 Å². The molecule has 0 bridgehead atoms. The zero-order valence-corrected chi connectivity index (χ0v) is 35.9. The van der Waals surface area contributed by atoms with Crippen LogP contribution in [-0.2, 0) is 32.7 Å². The van der Waals surface area contributed by atoms with Gasteiger partial charge in [-0.05, 0) is 96.3 Å². The highest BCUT2D eigenvalue weighted by molar-refractivity contribution is 7.47. The number of carbonyl (C=O) groups excluding carboxylic acids is 2. The van der Waals surface area contributed by atoms with Crippen LogP contribution in [0.3, 0.4) is 0 Å². The SMILES string of the molecule is CC/C=C\C/C=C\C/C=C\C/C=C\C/C=C\CCCCCC(=O)NC(COP(=O)(O)OCC(O)COC(=O)CCCC/C=C\C/C=C\C/C=C\C/C=C\CC)C(=O)O. The second-order valence-electron chi connectivity index (χ2n) is 13.4. The van der Waals surface area contributed by atoms with Crippen molar-refractivity contribution in [3.05, 3.63) is 109 Å². The lowest BCUT2D eigenvalue weighted by Crippen LogP contribution is -2.43. The Morgan fingerprint density at radius 1 is 0.552 bits per heavy atom. The average molecular weight is 830 g/mol. The van der Waals surface area contributed by atoms with Crippen molar-refractivity contribution < 1.29 is 47.8 Å². The lowest BCUT2D eigenvalue weighted by molar-refractivity contribution is -0.147. The molecule has 326 valence electrons. The van der Waals surface area contributed by atoms with Gasteiger partial charge in [-0.3, -0.25) is 18.6 Å². The van der Waals surface area contributed by atoms with Crippen molar-refractivity contribution in [2.45, 2.75) is 142 Å². The van der Waals surface area contributed by atoms with Crippen LogP contribution in [0.1, 0.15) is 129 Å². The number of amides is 1. The predicted molar refractivity (Wildman–Crippen MR) is 235 cm³/mol. The number of aliphatic hydroxyl groups is 1. The Morgan fingerprint density at radius 3 is 1.40 bits per heavy atom. The number of aliphatic carboxylic acids is 1. The highest BCUT2D eigenvalue weighted by Crippen LogP contribution is 2.43. The summed E-state index contributed by atoms with van der Waals surface area (Å²) in [6.07, 6.45) is 51.2. The molecule has 0 spiro atoms. The zero-order valence-electron chi connectivity index (χ0n) is 35.0.